The molecule has 0 amide bonds. The quantitative estimate of drug-likeness (QED) is 0.299. The second kappa shape index (κ2) is 11.4. The minimum absolute atomic E-state index is 0.0203. The van der Waals surface area contributed by atoms with Crippen LogP contribution < -0.4 is 4.74 Å². The molecule has 0 spiro atoms. The molecule has 2 aliphatic heterocycles. The Kier molecular flexibility index (Phi) is 7.67. The number of aliphatic carboxylic acids is 1. The average Bonchev–Trinajstić information content (AvgIpc) is 3.67. The molecule has 2 heterocycles. The zero-order valence-corrected chi connectivity index (χ0v) is 23.7. The van der Waals surface area contributed by atoms with Crippen LogP contribution in [0.4, 0.5) is 4.39 Å². The summed E-state index contributed by atoms with van der Waals surface area (Å²) in [7, 11) is 0. The topological polar surface area (TPSA) is 49.8 Å². The van der Waals surface area contributed by atoms with Crippen LogP contribution in [0.15, 0.2) is 54.6 Å². The lowest BCUT2D eigenvalue weighted by atomic mass is 9.82. The molecule has 1 saturated heterocycles. The Morgan fingerprint density at radius 1 is 1.02 bits per heavy atom. The normalized spacial score (nSPS) is 20.5. The average molecular weight is 542 g/mol. The van der Waals surface area contributed by atoms with Crippen LogP contribution in [0, 0.1) is 17.7 Å². The summed E-state index contributed by atoms with van der Waals surface area (Å²) < 4.78 is 21.7. The Bertz CT molecular complexity index is 1390. The fourth-order valence-corrected chi connectivity index (χ4v) is 6.79. The molecule has 3 atom stereocenters. The summed E-state index contributed by atoms with van der Waals surface area (Å²) in [6, 6.07) is 18.3. The highest BCUT2D eigenvalue weighted by molar-refractivity contribution is 5.71. The fourth-order valence-electron chi connectivity index (χ4n) is 6.79. The fraction of sp³-hybridized carbons (Fsp3) is 0.457. The Labute approximate surface area is 237 Å². The Balaban J connectivity index is 1.31. The van der Waals surface area contributed by atoms with Crippen LogP contribution in [0.5, 0.6) is 5.75 Å². The molecule has 5 heteroatoms. The van der Waals surface area contributed by atoms with Gasteiger partial charge < -0.3 is 9.84 Å². The number of likely N-dealkylation sites (tertiary alicyclic amines) is 1. The van der Waals surface area contributed by atoms with Crippen molar-refractivity contribution in [2.45, 2.75) is 77.4 Å². The van der Waals surface area contributed by atoms with Gasteiger partial charge in [-0.1, -0.05) is 50.2 Å². The minimum atomic E-state index is -0.736. The largest absolute Gasteiger partial charge is 0.485 e. The number of benzene rings is 3. The number of fused-ring (bicyclic) bond motifs is 1. The molecule has 0 radical (unpaired) electrons. The van der Waals surface area contributed by atoms with Crippen molar-refractivity contribution >= 4 is 5.97 Å². The summed E-state index contributed by atoms with van der Waals surface area (Å²) in [5.41, 5.74) is 7.32. The van der Waals surface area contributed by atoms with Crippen LogP contribution in [-0.4, -0.2) is 29.1 Å². The standard InChI is InChI=1S/C35H40FNO3/c1-3-23-6-14-31(36)30(18-23)29-13-11-26(19-28(29)21-37-16-4-5-17-37)32-15-12-24-7-10-27(20-33(24)40-32)34(25-8-9-25)22(2)35(38)39/h6-7,10-11,13-14,18-20,22,25,32,34H,3-5,8-9,12,15-17,21H2,1-2H3,(H,38,39)/t22-,32?,34?/m0/s1. The molecule has 2 unspecified atom stereocenters. The van der Waals surface area contributed by atoms with Crippen LogP contribution >= 0.6 is 0 Å². The first-order valence-corrected chi connectivity index (χ1v) is 15.1. The van der Waals surface area contributed by atoms with Gasteiger partial charge in [0.05, 0.1) is 5.92 Å². The van der Waals surface area contributed by atoms with Crippen molar-refractivity contribution in [1.29, 1.82) is 0 Å². The summed E-state index contributed by atoms with van der Waals surface area (Å²) in [6.07, 6.45) is 7.19. The first-order valence-electron chi connectivity index (χ1n) is 15.1. The highest BCUT2D eigenvalue weighted by Crippen LogP contribution is 2.48. The summed E-state index contributed by atoms with van der Waals surface area (Å²) in [5, 5.41) is 9.74. The number of ether oxygens (including phenoxy) is 1. The maximum absolute atomic E-state index is 15.1. The molecular formula is C35H40FNO3. The Hall–Kier alpha value is -3.18. The molecule has 3 aromatic carbocycles. The number of hydrogen-bond donors (Lipinski definition) is 1. The minimum Gasteiger partial charge on any atom is -0.485 e. The third-order valence-corrected chi connectivity index (χ3v) is 9.30. The van der Waals surface area contributed by atoms with Crippen LogP contribution in [0.3, 0.4) is 0 Å². The summed E-state index contributed by atoms with van der Waals surface area (Å²) in [4.78, 5) is 14.3. The molecule has 2 fully saturated rings. The summed E-state index contributed by atoms with van der Waals surface area (Å²) >= 11 is 0. The molecule has 0 aromatic heterocycles. The van der Waals surface area contributed by atoms with E-state index in [9.17, 15) is 9.90 Å². The number of hydrogen-bond acceptors (Lipinski definition) is 3. The van der Waals surface area contributed by atoms with E-state index in [1.807, 2.05) is 19.1 Å². The Morgan fingerprint density at radius 2 is 1.82 bits per heavy atom. The van der Waals surface area contributed by atoms with Crippen molar-refractivity contribution in [3.05, 3.63) is 88.2 Å². The van der Waals surface area contributed by atoms with Gasteiger partial charge in [-0.2, -0.15) is 0 Å². The van der Waals surface area contributed by atoms with Crippen molar-refractivity contribution < 1.29 is 19.0 Å². The molecule has 40 heavy (non-hydrogen) atoms. The smallest absolute Gasteiger partial charge is 0.306 e. The predicted octanol–water partition coefficient (Wildman–Crippen LogP) is 7.93. The van der Waals surface area contributed by atoms with Crippen molar-refractivity contribution in [3.63, 3.8) is 0 Å². The first kappa shape index (κ1) is 27.0. The number of carboxylic acid groups (broad SMARTS) is 1. The predicted molar refractivity (Wildman–Crippen MR) is 156 cm³/mol. The van der Waals surface area contributed by atoms with Gasteiger partial charge >= 0.3 is 5.97 Å². The number of carboxylic acids is 1. The van der Waals surface area contributed by atoms with Crippen LogP contribution in [0.2, 0.25) is 0 Å². The Morgan fingerprint density at radius 3 is 2.55 bits per heavy atom. The highest BCUT2D eigenvalue weighted by Gasteiger charge is 2.39. The van der Waals surface area contributed by atoms with E-state index in [1.54, 1.807) is 6.07 Å². The van der Waals surface area contributed by atoms with Crippen molar-refractivity contribution in [2.24, 2.45) is 11.8 Å². The van der Waals surface area contributed by atoms with Gasteiger partial charge in [0, 0.05) is 12.1 Å². The van der Waals surface area contributed by atoms with Gasteiger partial charge in [-0.3, -0.25) is 9.69 Å². The van der Waals surface area contributed by atoms with Crippen molar-refractivity contribution in [1.82, 2.24) is 4.90 Å². The van der Waals surface area contributed by atoms with E-state index in [2.05, 4.69) is 48.2 Å². The van der Waals surface area contributed by atoms with Crippen LogP contribution in [-0.2, 0) is 24.2 Å². The third-order valence-electron chi connectivity index (χ3n) is 9.30. The van der Waals surface area contributed by atoms with Gasteiger partial charge in [0.2, 0.25) is 0 Å². The summed E-state index contributed by atoms with van der Waals surface area (Å²) in [5.74, 6) is 0.00701. The number of rotatable bonds is 9. The van der Waals surface area contributed by atoms with E-state index < -0.39 is 11.9 Å². The number of carbonyl (C=O) groups is 1. The van der Waals surface area contributed by atoms with E-state index in [-0.39, 0.29) is 17.8 Å². The molecule has 210 valence electrons. The lowest BCUT2D eigenvalue weighted by molar-refractivity contribution is -0.142. The van der Waals surface area contributed by atoms with Gasteiger partial charge in [-0.25, -0.2) is 4.39 Å². The molecular weight excluding hydrogens is 501 g/mol. The van der Waals surface area contributed by atoms with Gasteiger partial charge in [0.1, 0.15) is 17.7 Å². The van der Waals surface area contributed by atoms with Gasteiger partial charge in [0.15, 0.2) is 0 Å². The van der Waals surface area contributed by atoms with E-state index >= 15 is 4.39 Å². The lowest BCUT2D eigenvalue weighted by Crippen LogP contribution is -2.22. The molecule has 1 N–H and O–H groups in total. The van der Waals surface area contributed by atoms with Crippen molar-refractivity contribution in [3.8, 4) is 16.9 Å². The van der Waals surface area contributed by atoms with E-state index in [0.717, 1.165) is 85.3 Å². The molecule has 4 nitrogen and oxygen atoms in total. The third kappa shape index (κ3) is 5.54. The molecule has 3 aromatic rings. The van der Waals surface area contributed by atoms with Gasteiger partial charge in [-0.05, 0) is 121 Å². The number of aryl methyl sites for hydroxylation is 2. The zero-order valence-electron chi connectivity index (χ0n) is 23.7. The second-order valence-corrected chi connectivity index (χ2v) is 12.1. The molecule has 1 saturated carbocycles. The monoisotopic (exact) mass is 541 g/mol. The van der Waals surface area contributed by atoms with Gasteiger partial charge in [-0.15, -0.1) is 0 Å². The maximum atomic E-state index is 15.1. The maximum Gasteiger partial charge on any atom is 0.306 e. The second-order valence-electron chi connectivity index (χ2n) is 12.1. The van der Waals surface area contributed by atoms with E-state index in [4.69, 9.17) is 4.74 Å². The SMILES string of the molecule is CCc1ccc(F)c(-c2ccc(C3CCc4ccc(C(C5CC5)[C@H](C)C(=O)O)cc4O3)cc2CN2CCCC2)c1. The molecule has 3 aliphatic rings. The molecule has 6 rings (SSSR count). The van der Waals surface area contributed by atoms with Crippen LogP contribution in [0.1, 0.15) is 85.8 Å². The van der Waals surface area contributed by atoms with E-state index in [1.165, 1.54) is 18.4 Å². The zero-order chi connectivity index (χ0) is 27.8. The van der Waals surface area contributed by atoms with E-state index in [0.29, 0.717) is 11.5 Å². The first-order chi connectivity index (χ1) is 19.4. The van der Waals surface area contributed by atoms with Crippen molar-refractivity contribution in [2.75, 3.05) is 13.1 Å². The molecule has 0 bridgehead atoms. The van der Waals surface area contributed by atoms with Gasteiger partial charge in [0.25, 0.3) is 0 Å². The van der Waals surface area contributed by atoms with Crippen LogP contribution in [0.25, 0.3) is 11.1 Å². The highest BCUT2D eigenvalue weighted by atomic mass is 19.1. The summed E-state index contributed by atoms with van der Waals surface area (Å²) in [6.45, 7) is 6.89. The number of nitrogens with zero attached hydrogens (tertiary/aromatic N) is 1. The lowest BCUT2D eigenvalue weighted by Gasteiger charge is -2.29. The molecule has 1 aliphatic carbocycles. The number of halogens is 1.